The lowest BCUT2D eigenvalue weighted by Crippen LogP contribution is -2.38. The molecule has 0 amide bonds. The molecule has 11 aromatic rings. The molecule has 54 heteroatoms. The lowest BCUT2D eigenvalue weighted by atomic mass is 10.1. The van der Waals surface area contributed by atoms with E-state index in [2.05, 4.69) is 163 Å². The molecule has 0 radical (unpaired) electrons. The monoisotopic (exact) mass is 2030 g/mol. The van der Waals surface area contributed by atoms with Gasteiger partial charge in [0.2, 0.25) is 0 Å². The minimum absolute atomic E-state index is 0.103. The minimum atomic E-state index is -3.57. The second-order valence-electron chi connectivity index (χ2n) is 30.1. The summed E-state index contributed by atoms with van der Waals surface area (Å²) in [6.45, 7) is 18.1. The number of nitrogen functional groups attached to an aromatic ring is 1. The van der Waals surface area contributed by atoms with Crippen LogP contribution in [0.5, 0.6) is 0 Å². The highest BCUT2D eigenvalue weighted by Gasteiger charge is 2.53. The lowest BCUT2D eigenvalue weighted by molar-refractivity contribution is -0.137. The highest BCUT2D eigenvalue weighted by atomic mass is 33.3. The molecule has 12 heterocycles. The van der Waals surface area contributed by atoms with E-state index in [0.717, 1.165) is 6.54 Å². The molecule has 0 spiro atoms. The first-order chi connectivity index (χ1) is 58.8. The number of hydrogen-bond acceptors (Lipinski definition) is 24. The zero-order valence-electron chi connectivity index (χ0n) is 70.4. The van der Waals surface area contributed by atoms with Crippen molar-refractivity contribution < 1.29 is 76.0 Å². The third-order valence-corrected chi connectivity index (χ3v) is 95.0. The van der Waals surface area contributed by atoms with Crippen LogP contribution in [0.1, 0.15) is 98.4 Å². The Kier molecular flexibility index (Phi) is 38.9. The van der Waals surface area contributed by atoms with E-state index in [1.165, 1.54) is 139 Å². The van der Waals surface area contributed by atoms with E-state index in [1.807, 2.05) is 0 Å². The van der Waals surface area contributed by atoms with Crippen molar-refractivity contribution in [3.05, 3.63) is 140 Å². The number of aliphatic carboxylic acids is 1. The summed E-state index contributed by atoms with van der Waals surface area (Å²) in [6, 6.07) is 10.4. The molecule has 4 aliphatic rings. The predicted octanol–water partition coefficient (Wildman–Crippen LogP) is 20.2. The predicted molar refractivity (Wildman–Crippen MR) is 512 cm³/mol. The number of carboxylic acids is 1. The molecule has 11 unspecified atom stereocenters. The summed E-state index contributed by atoms with van der Waals surface area (Å²) in [4.78, 5) is 50.3. The van der Waals surface area contributed by atoms with Crippen molar-refractivity contribution in [1.82, 2.24) is 97.9 Å². The quantitative estimate of drug-likeness (QED) is 0.0395. The fourth-order valence-electron chi connectivity index (χ4n) is 14.4. The van der Waals surface area contributed by atoms with Crippen molar-refractivity contribution in [2.45, 2.75) is 142 Å². The Hall–Kier alpha value is -3.74. The van der Waals surface area contributed by atoms with E-state index >= 15 is 0 Å². The third-order valence-electron chi connectivity index (χ3n) is 19.4. The molecule has 11 atom stereocenters. The number of likely N-dealkylation sites (N-methyl/N-ethyl adjacent to an activating group) is 3. The highest BCUT2D eigenvalue weighted by molar-refractivity contribution is 9.21. The van der Waals surface area contributed by atoms with Crippen LogP contribution >= 0.6 is 120 Å². The van der Waals surface area contributed by atoms with Gasteiger partial charge in [-0.05, 0) is 164 Å². The number of fused-ring (bicyclic) bond motifs is 7. The highest BCUT2D eigenvalue weighted by Crippen LogP contribution is 3.16. The molecule has 4 N–H and O–H groups in total. The van der Waals surface area contributed by atoms with Crippen molar-refractivity contribution >= 4 is 192 Å². The standard InChI is InChI=1S/2C18H16F3N7.C14H15F3N4.C9H21O6P3.C8H19N.C4H5N3O2.H14P12/c2*1-26-6-15(18(20,21)8-26)28-16(7-27-10-22-9-24-27)25-14-5-23-13-3-2-11(19)4-12(13)17(14)28;1-21-6-12(14(16,17)7-21)20-13-9-4-8(15)2-3-11(9)19-5-10(13)18;1-4-7-16(10)13-17(11,8-5-2)15-18(12,14-16)9-6-3;1-6-9(7(2)3)8(4)5;8-4(9)1-7-3-5-2-6-7;1-8(2)11(7)12(9(3)4)10(5)6/h2*2-5,9-10,15H,6-8H2,1H3;2-5,12H,6-7,18H2,1H3,(H,19,20);4-9H2,1-3H3;7-8H,6H2,1-5H3;2-3H,1H2,(H,8,9);1-7H2. The van der Waals surface area contributed by atoms with Crippen molar-refractivity contribution in [2.75, 3.05) is 96.5 Å². The summed E-state index contributed by atoms with van der Waals surface area (Å²) in [5, 5.41) is 24.0. The van der Waals surface area contributed by atoms with Crippen LogP contribution in [-0.2, 0) is 51.1 Å². The largest absolute Gasteiger partial charge is 0.480 e. The van der Waals surface area contributed by atoms with Gasteiger partial charge in [0, 0.05) is 47.9 Å². The van der Waals surface area contributed by atoms with E-state index in [-0.39, 0.29) is 118 Å². The Labute approximate surface area is 740 Å². The summed E-state index contributed by atoms with van der Waals surface area (Å²) in [5.41, 5.74) is 9.71. The van der Waals surface area contributed by atoms with E-state index in [4.69, 9.17) is 23.8 Å². The van der Waals surface area contributed by atoms with Gasteiger partial charge in [-0.15, -0.1) is 62.5 Å². The molecule has 0 saturated carbocycles. The average Bonchev–Trinajstić information content (AvgIpc) is 1.63. The Morgan fingerprint density at radius 3 is 1.22 bits per heavy atom. The number of hydrogen-bond donors (Lipinski definition) is 3. The number of rotatable bonds is 23. The average molecular weight is 2030 g/mol. The molecule has 4 saturated heterocycles. The first kappa shape index (κ1) is 105. The number of alkyl halides is 6. The number of likely N-dealkylation sites (tertiary alicyclic amines) is 3. The van der Waals surface area contributed by atoms with Crippen LogP contribution in [0.4, 0.5) is 50.9 Å². The number of nitrogens with two attached hydrogens (primary N) is 1. The van der Waals surface area contributed by atoms with Crippen LogP contribution in [0.15, 0.2) is 111 Å². The van der Waals surface area contributed by atoms with Gasteiger partial charge in [-0.2, -0.15) is 15.3 Å². The topological polar surface area (TPSA) is 334 Å². The lowest BCUT2D eigenvalue weighted by Gasteiger charge is -2.33. The third kappa shape index (κ3) is 28.2. The van der Waals surface area contributed by atoms with Crippen LogP contribution in [0.25, 0.3) is 54.8 Å². The number of carboxylic acid groups (broad SMARTS) is 1. The first-order valence-corrected chi connectivity index (χ1v) is 65.1. The number of aromatic nitrogens is 16. The molecule has 15 rings (SSSR count). The van der Waals surface area contributed by atoms with Crippen molar-refractivity contribution in [3.8, 4) is 0 Å². The molecular weight excluding hydrogens is 1920 g/mol. The number of carbonyl (C=O) groups is 1. The fraction of sp³-hybridized carbons (Fsp3) is 0.493. The zero-order valence-corrected chi connectivity index (χ0v) is 85.7. The first-order valence-electron chi connectivity index (χ1n) is 39.1. The Morgan fingerprint density at radius 2 is 0.920 bits per heavy atom. The number of nitrogens with zero attached hydrogens (tertiary/aromatic N) is 20. The molecule has 8 aromatic heterocycles. The molecule has 125 heavy (non-hydrogen) atoms. The molecule has 0 bridgehead atoms. The molecule has 686 valence electrons. The molecule has 4 fully saturated rings. The van der Waals surface area contributed by atoms with Crippen LogP contribution in [0, 0.1) is 17.5 Å². The van der Waals surface area contributed by atoms with Gasteiger partial charge in [0.25, 0.3) is 17.8 Å². The summed E-state index contributed by atoms with van der Waals surface area (Å²) < 4.78 is 188. The molecule has 0 aliphatic carbocycles. The van der Waals surface area contributed by atoms with Gasteiger partial charge in [-0.25, -0.2) is 91.4 Å². The van der Waals surface area contributed by atoms with Crippen LogP contribution < -0.4 is 11.1 Å². The number of pyridine rings is 3. The van der Waals surface area contributed by atoms with E-state index in [0.29, 0.717) is 103 Å². The molecule has 4 aliphatic heterocycles. The number of halogens is 9. The van der Waals surface area contributed by atoms with Crippen LogP contribution in [-0.4, -0.2) is 230 Å². The number of nitrogens with one attached hydrogen (secondary N) is 1. The summed E-state index contributed by atoms with van der Waals surface area (Å²) in [6.07, 6.45) is 14.8. The number of imidazole rings is 2. The van der Waals surface area contributed by atoms with Gasteiger partial charge in [-0.3, -0.25) is 53.0 Å². The Bertz CT molecular complexity index is 5250. The fourth-order valence-corrected chi connectivity index (χ4v) is 126. The SMILES string of the molecule is CCCP1(=O)OP(=O)(CCC)OP(=O)(CCC)O1.CCN(C(C)C)C(C)C.CN1CC(Nc2c(N)cnc3ccc(F)cc23)C(F)(F)C1.CN1CC(n2c(Cn3cncn3)nc3cnc4ccc(F)cc4c32)C(F)(F)C1.CN1CC(n2c(Cn3cncn3)nc3cnc4ccc(F)cc4c32)C(F)(F)C1.O=C(O)Cn1cncn1.PP(P)P(P)P(P(P)P)P(P)P. The van der Waals surface area contributed by atoms with Gasteiger partial charge in [0.15, 0.2) is 0 Å². The van der Waals surface area contributed by atoms with Crippen LogP contribution in [0.2, 0.25) is 0 Å². The summed E-state index contributed by atoms with van der Waals surface area (Å²) >= 11 is 0. The van der Waals surface area contributed by atoms with Gasteiger partial charge < -0.3 is 25.3 Å². The maximum absolute atomic E-state index is 14.9. The summed E-state index contributed by atoms with van der Waals surface area (Å²) in [5.74, 6) is -10.3. The van der Waals surface area contributed by atoms with Gasteiger partial charge >= 0.3 is 28.8 Å². The van der Waals surface area contributed by atoms with E-state index in [9.17, 15) is 58.0 Å². The maximum atomic E-state index is 14.9. The molecule has 3 aromatic carbocycles. The second kappa shape index (κ2) is 46.3. The van der Waals surface area contributed by atoms with Crippen LogP contribution in [0.3, 0.4) is 0 Å². The van der Waals surface area contributed by atoms with E-state index < -0.39 is 82.1 Å². The van der Waals surface area contributed by atoms with Crippen molar-refractivity contribution in [3.63, 3.8) is 0 Å². The van der Waals surface area contributed by atoms with Gasteiger partial charge in [0.1, 0.15) is 116 Å². The van der Waals surface area contributed by atoms with Crippen molar-refractivity contribution in [1.29, 1.82) is 0 Å². The second-order valence-corrected chi connectivity index (χ2v) is 82.0. The normalized spacial score (nSPS) is 21.4. The Balaban J connectivity index is 0.000000172. The van der Waals surface area contributed by atoms with Gasteiger partial charge in [0.05, 0.1) is 95.7 Å². The Morgan fingerprint density at radius 1 is 0.552 bits per heavy atom. The zero-order chi connectivity index (χ0) is 92.0. The van der Waals surface area contributed by atoms with E-state index in [1.54, 1.807) is 51.7 Å². The number of benzene rings is 3. The number of anilines is 2. The summed E-state index contributed by atoms with van der Waals surface area (Å²) in [7, 11) is 15.2. The van der Waals surface area contributed by atoms with Crippen molar-refractivity contribution in [2.24, 2.45) is 0 Å². The minimum Gasteiger partial charge on any atom is -0.480 e. The van der Waals surface area contributed by atoms with Gasteiger partial charge in [-0.1, -0.05) is 27.7 Å². The smallest absolute Gasteiger partial charge is 0.345 e. The molecule has 30 nitrogen and oxygen atoms in total. The molecular formula is C71H106F9N22O8P15. The maximum Gasteiger partial charge on any atom is 0.345 e.